The van der Waals surface area contributed by atoms with E-state index < -0.39 is 11.8 Å². The molecule has 2 rings (SSSR count). The number of hydrogen-bond acceptors (Lipinski definition) is 4. The third kappa shape index (κ3) is 6.25. The van der Waals surface area contributed by atoms with Gasteiger partial charge in [-0.15, -0.1) is 0 Å². The van der Waals surface area contributed by atoms with Crippen LogP contribution in [0, 0.1) is 9.39 Å². The fourth-order valence-electron chi connectivity index (χ4n) is 2.12. The van der Waals surface area contributed by atoms with Gasteiger partial charge in [0, 0.05) is 11.6 Å². The highest BCUT2D eigenvalue weighted by Gasteiger charge is 2.12. The third-order valence-corrected chi connectivity index (χ3v) is 4.55. The van der Waals surface area contributed by atoms with Gasteiger partial charge >= 0.3 is 5.97 Å². The molecule has 0 saturated carbocycles. The summed E-state index contributed by atoms with van der Waals surface area (Å²) in [6, 6.07) is 7.71. The molecule has 2 aromatic rings. The Morgan fingerprint density at radius 1 is 1.33 bits per heavy atom. The SMILES string of the molecule is C=CCOC(=O)/C=C/c1cc(I)c(OCc2ccc(F)cc2Cl)c(OC)c1. The Morgan fingerprint density at radius 2 is 2.11 bits per heavy atom. The number of rotatable bonds is 8. The van der Waals surface area contributed by atoms with Crippen molar-refractivity contribution in [1.29, 1.82) is 0 Å². The average molecular weight is 503 g/mol. The summed E-state index contributed by atoms with van der Waals surface area (Å²) in [5, 5.41) is 0.293. The second-order valence-corrected chi connectivity index (χ2v) is 6.88. The number of benzene rings is 2. The zero-order valence-corrected chi connectivity index (χ0v) is 17.4. The summed E-state index contributed by atoms with van der Waals surface area (Å²) in [6.07, 6.45) is 4.45. The van der Waals surface area contributed by atoms with Crippen LogP contribution in [0.1, 0.15) is 11.1 Å². The highest BCUT2D eigenvalue weighted by atomic mass is 127. The molecule has 0 amide bonds. The van der Waals surface area contributed by atoms with E-state index in [1.807, 2.05) is 6.07 Å². The van der Waals surface area contributed by atoms with E-state index >= 15 is 0 Å². The first-order valence-corrected chi connectivity index (χ1v) is 9.30. The molecule has 0 fully saturated rings. The quantitative estimate of drug-likeness (QED) is 0.209. The molecule has 0 bridgehead atoms. The lowest BCUT2D eigenvalue weighted by atomic mass is 10.2. The molecular formula is C20H17ClFIO4. The van der Waals surface area contributed by atoms with Gasteiger partial charge in [-0.25, -0.2) is 9.18 Å². The van der Waals surface area contributed by atoms with Gasteiger partial charge in [0.25, 0.3) is 0 Å². The van der Waals surface area contributed by atoms with Crippen molar-refractivity contribution in [3.8, 4) is 11.5 Å². The fraction of sp³-hybridized carbons (Fsp3) is 0.150. The van der Waals surface area contributed by atoms with E-state index in [0.717, 1.165) is 9.13 Å². The lowest BCUT2D eigenvalue weighted by molar-refractivity contribution is -0.136. The van der Waals surface area contributed by atoms with Crippen LogP contribution >= 0.6 is 34.2 Å². The number of hydrogen-bond donors (Lipinski definition) is 0. The van der Waals surface area contributed by atoms with Crippen molar-refractivity contribution >= 4 is 46.2 Å². The van der Waals surface area contributed by atoms with Crippen LogP contribution in [0.4, 0.5) is 4.39 Å². The molecule has 0 spiro atoms. The van der Waals surface area contributed by atoms with Crippen LogP contribution < -0.4 is 9.47 Å². The topological polar surface area (TPSA) is 44.8 Å². The maximum Gasteiger partial charge on any atom is 0.331 e. The average Bonchev–Trinajstić information content (AvgIpc) is 2.64. The summed E-state index contributed by atoms with van der Waals surface area (Å²) in [5.41, 5.74) is 1.41. The molecule has 0 aliphatic rings. The molecule has 0 aromatic heterocycles. The zero-order chi connectivity index (χ0) is 19.8. The molecule has 0 saturated heterocycles. The Kier molecular flexibility index (Phi) is 8.12. The van der Waals surface area contributed by atoms with Gasteiger partial charge in [-0.3, -0.25) is 0 Å². The van der Waals surface area contributed by atoms with Crippen LogP contribution in [0.3, 0.4) is 0 Å². The van der Waals surface area contributed by atoms with Gasteiger partial charge in [-0.05, 0) is 58.5 Å². The maximum absolute atomic E-state index is 13.1. The lowest BCUT2D eigenvalue weighted by Gasteiger charge is -2.14. The largest absolute Gasteiger partial charge is 0.493 e. The van der Waals surface area contributed by atoms with Crippen molar-refractivity contribution < 1.29 is 23.4 Å². The number of methoxy groups -OCH3 is 1. The van der Waals surface area contributed by atoms with E-state index in [1.54, 1.807) is 18.2 Å². The normalized spacial score (nSPS) is 10.7. The predicted octanol–water partition coefficient (Wildman–Crippen LogP) is 5.41. The molecular weight excluding hydrogens is 486 g/mol. The molecule has 0 aliphatic carbocycles. The first kappa shape index (κ1) is 21.2. The summed E-state index contributed by atoms with van der Waals surface area (Å²) in [5.74, 6) is 0.165. The van der Waals surface area contributed by atoms with Gasteiger partial charge in [-0.1, -0.05) is 30.3 Å². The van der Waals surface area contributed by atoms with Crippen LogP contribution in [0.15, 0.2) is 49.1 Å². The van der Waals surface area contributed by atoms with E-state index in [0.29, 0.717) is 22.1 Å². The summed E-state index contributed by atoms with van der Waals surface area (Å²) >= 11 is 8.14. The van der Waals surface area contributed by atoms with E-state index in [4.69, 9.17) is 25.8 Å². The van der Waals surface area contributed by atoms with Crippen LogP contribution in [-0.2, 0) is 16.1 Å². The predicted molar refractivity (Wildman–Crippen MR) is 112 cm³/mol. The second-order valence-electron chi connectivity index (χ2n) is 5.31. The van der Waals surface area contributed by atoms with Crippen LogP contribution in [0.25, 0.3) is 6.08 Å². The Labute approximate surface area is 175 Å². The first-order chi connectivity index (χ1) is 12.9. The number of esters is 1. The highest BCUT2D eigenvalue weighted by molar-refractivity contribution is 14.1. The van der Waals surface area contributed by atoms with Gasteiger partial charge < -0.3 is 14.2 Å². The van der Waals surface area contributed by atoms with Gasteiger partial charge in [0.1, 0.15) is 19.0 Å². The van der Waals surface area contributed by atoms with E-state index in [-0.39, 0.29) is 13.2 Å². The van der Waals surface area contributed by atoms with Crippen LogP contribution in [0.5, 0.6) is 11.5 Å². The van der Waals surface area contributed by atoms with Gasteiger partial charge in [-0.2, -0.15) is 0 Å². The molecule has 27 heavy (non-hydrogen) atoms. The molecule has 4 nitrogen and oxygen atoms in total. The van der Waals surface area contributed by atoms with Gasteiger partial charge in [0.15, 0.2) is 11.5 Å². The smallest absolute Gasteiger partial charge is 0.331 e. The summed E-state index contributed by atoms with van der Waals surface area (Å²) in [6.45, 7) is 3.80. The molecule has 0 atom stereocenters. The van der Waals surface area contributed by atoms with Gasteiger partial charge in [0.2, 0.25) is 0 Å². The minimum absolute atomic E-state index is 0.156. The standard InChI is InChI=1S/C20H17ClFIO4/c1-3-8-26-19(24)7-4-13-9-17(23)20(18(10-13)25-2)27-12-14-5-6-15(22)11-16(14)21/h3-7,9-11H,1,8,12H2,2H3/b7-4+. The molecule has 142 valence electrons. The monoisotopic (exact) mass is 502 g/mol. The Bertz CT molecular complexity index is 867. The van der Waals surface area contributed by atoms with Crippen molar-refractivity contribution in [2.75, 3.05) is 13.7 Å². The number of carbonyl (C=O) groups is 1. The van der Waals surface area contributed by atoms with Crippen molar-refractivity contribution in [2.45, 2.75) is 6.61 Å². The summed E-state index contributed by atoms with van der Waals surface area (Å²) < 4.78 is 30.0. The lowest BCUT2D eigenvalue weighted by Crippen LogP contribution is -2.01. The molecule has 7 heteroatoms. The Morgan fingerprint density at radius 3 is 2.78 bits per heavy atom. The van der Waals surface area contributed by atoms with E-state index in [9.17, 15) is 9.18 Å². The summed E-state index contributed by atoms with van der Waals surface area (Å²) in [7, 11) is 1.52. The van der Waals surface area contributed by atoms with Crippen LogP contribution in [-0.4, -0.2) is 19.7 Å². The molecule has 2 aromatic carbocycles. The number of carbonyl (C=O) groups excluding carboxylic acids is 1. The number of halogens is 3. The molecule has 0 aliphatic heterocycles. The molecule has 0 unspecified atom stereocenters. The minimum atomic E-state index is -0.463. The maximum atomic E-state index is 13.1. The zero-order valence-electron chi connectivity index (χ0n) is 14.5. The van der Waals surface area contributed by atoms with Crippen LogP contribution in [0.2, 0.25) is 5.02 Å². The van der Waals surface area contributed by atoms with E-state index in [2.05, 4.69) is 29.2 Å². The van der Waals surface area contributed by atoms with Gasteiger partial charge in [0.05, 0.1) is 15.7 Å². The first-order valence-electron chi connectivity index (χ1n) is 7.84. The highest BCUT2D eigenvalue weighted by Crippen LogP contribution is 2.35. The van der Waals surface area contributed by atoms with E-state index in [1.165, 1.54) is 31.4 Å². The van der Waals surface area contributed by atoms with Crippen molar-refractivity contribution in [2.24, 2.45) is 0 Å². The summed E-state index contributed by atoms with van der Waals surface area (Å²) in [4.78, 5) is 11.5. The van der Waals surface area contributed by atoms with Crippen molar-refractivity contribution in [3.05, 3.63) is 74.6 Å². The minimum Gasteiger partial charge on any atom is -0.493 e. The molecule has 0 N–H and O–H groups in total. The second kappa shape index (κ2) is 10.3. The Hall–Kier alpha value is -2.06. The molecule has 0 heterocycles. The number of ether oxygens (including phenoxy) is 3. The van der Waals surface area contributed by atoms with Crippen molar-refractivity contribution in [3.63, 3.8) is 0 Å². The Balaban J connectivity index is 2.16. The molecule has 0 radical (unpaired) electrons. The van der Waals surface area contributed by atoms with Crippen molar-refractivity contribution in [1.82, 2.24) is 0 Å². The third-order valence-electron chi connectivity index (χ3n) is 3.39. The fourth-order valence-corrected chi connectivity index (χ4v) is 3.12.